The van der Waals surface area contributed by atoms with Crippen molar-refractivity contribution < 1.29 is 9.22 Å². The van der Waals surface area contributed by atoms with Crippen molar-refractivity contribution in [1.82, 2.24) is 5.12 Å². The standard InChI is InChI=1S/C8H16FNO/c1-7(2)5-10(9)6-8(3,4)11-7/h5-6H2,1-4H3. The van der Waals surface area contributed by atoms with Crippen molar-refractivity contribution in [3.8, 4) is 0 Å². The molecule has 1 heterocycles. The van der Waals surface area contributed by atoms with Crippen LogP contribution in [0, 0.1) is 0 Å². The Balaban J connectivity index is 2.66. The third kappa shape index (κ3) is 2.42. The summed E-state index contributed by atoms with van der Waals surface area (Å²) in [6, 6.07) is 0. The Morgan fingerprint density at radius 2 is 1.45 bits per heavy atom. The predicted molar refractivity (Wildman–Crippen MR) is 41.9 cm³/mol. The molecule has 0 aromatic rings. The maximum absolute atomic E-state index is 12.9. The first-order valence-electron chi connectivity index (χ1n) is 3.92. The highest BCUT2D eigenvalue weighted by Gasteiger charge is 2.38. The van der Waals surface area contributed by atoms with E-state index in [2.05, 4.69) is 0 Å². The van der Waals surface area contributed by atoms with Crippen LogP contribution in [-0.2, 0) is 4.74 Å². The molecular formula is C8H16FNO. The Hall–Kier alpha value is -0.150. The summed E-state index contributed by atoms with van der Waals surface area (Å²) in [6.45, 7) is 8.33. The molecule has 0 aromatic heterocycles. The van der Waals surface area contributed by atoms with Crippen LogP contribution in [0.15, 0.2) is 0 Å². The molecule has 1 aliphatic rings. The van der Waals surface area contributed by atoms with Gasteiger partial charge in [-0.1, -0.05) is 0 Å². The average molecular weight is 161 g/mol. The summed E-state index contributed by atoms with van der Waals surface area (Å²) in [6.07, 6.45) is 0. The molecule has 0 amide bonds. The van der Waals surface area contributed by atoms with Gasteiger partial charge in [-0.25, -0.2) is 0 Å². The third-order valence-electron chi connectivity index (χ3n) is 1.66. The molecule has 1 saturated heterocycles. The van der Waals surface area contributed by atoms with Gasteiger partial charge in [0.05, 0.1) is 24.3 Å². The van der Waals surface area contributed by atoms with Gasteiger partial charge in [0, 0.05) is 0 Å². The monoisotopic (exact) mass is 161 g/mol. The van der Waals surface area contributed by atoms with E-state index in [4.69, 9.17) is 4.74 Å². The van der Waals surface area contributed by atoms with Gasteiger partial charge in [0.25, 0.3) is 0 Å². The van der Waals surface area contributed by atoms with Crippen LogP contribution in [0.2, 0.25) is 0 Å². The molecule has 0 radical (unpaired) electrons. The molecule has 66 valence electrons. The maximum atomic E-state index is 12.9. The molecule has 1 fully saturated rings. The Bertz CT molecular complexity index is 140. The lowest BCUT2D eigenvalue weighted by atomic mass is 10.0. The predicted octanol–water partition coefficient (Wildman–Crippen LogP) is 1.76. The number of rotatable bonds is 0. The van der Waals surface area contributed by atoms with E-state index < -0.39 is 0 Å². The highest BCUT2D eigenvalue weighted by Crippen LogP contribution is 2.27. The molecule has 11 heavy (non-hydrogen) atoms. The molecule has 0 atom stereocenters. The zero-order valence-electron chi connectivity index (χ0n) is 7.65. The second-order valence-electron chi connectivity index (χ2n) is 4.40. The van der Waals surface area contributed by atoms with E-state index in [0.29, 0.717) is 13.1 Å². The van der Waals surface area contributed by atoms with Crippen LogP contribution in [0.1, 0.15) is 27.7 Å². The summed E-state index contributed by atoms with van der Waals surface area (Å²) in [5, 5.41) is 0.823. The normalized spacial score (nSPS) is 30.3. The summed E-state index contributed by atoms with van der Waals surface area (Å²) < 4.78 is 18.6. The van der Waals surface area contributed by atoms with Gasteiger partial charge in [-0.05, 0) is 27.7 Å². The minimum absolute atomic E-state index is 0.358. The molecule has 0 aliphatic carbocycles. The van der Waals surface area contributed by atoms with Gasteiger partial charge < -0.3 is 4.74 Å². The average Bonchev–Trinajstić information content (AvgIpc) is 1.49. The number of hydrogen-bond acceptors (Lipinski definition) is 2. The Morgan fingerprint density at radius 1 is 1.09 bits per heavy atom. The fourth-order valence-corrected chi connectivity index (χ4v) is 1.69. The molecule has 1 rings (SSSR count). The Labute approximate surface area is 67.3 Å². The highest BCUT2D eigenvalue weighted by molar-refractivity contribution is 4.85. The largest absolute Gasteiger partial charge is 0.367 e. The van der Waals surface area contributed by atoms with E-state index in [0.717, 1.165) is 5.12 Å². The van der Waals surface area contributed by atoms with Crippen molar-refractivity contribution in [2.75, 3.05) is 13.1 Å². The molecule has 0 bridgehead atoms. The minimum Gasteiger partial charge on any atom is -0.367 e. The summed E-state index contributed by atoms with van der Waals surface area (Å²) in [5.74, 6) is 0. The summed E-state index contributed by atoms with van der Waals surface area (Å²) >= 11 is 0. The van der Waals surface area contributed by atoms with Crippen LogP contribution in [0.4, 0.5) is 4.48 Å². The lowest BCUT2D eigenvalue weighted by Gasteiger charge is -2.43. The third-order valence-corrected chi connectivity index (χ3v) is 1.66. The summed E-state index contributed by atoms with van der Waals surface area (Å²) in [5.41, 5.74) is -0.729. The minimum atomic E-state index is -0.365. The van der Waals surface area contributed by atoms with Gasteiger partial charge in [0.1, 0.15) is 0 Å². The molecule has 3 heteroatoms. The van der Waals surface area contributed by atoms with Gasteiger partial charge >= 0.3 is 0 Å². The van der Waals surface area contributed by atoms with Gasteiger partial charge in [-0.2, -0.15) is 0 Å². The lowest BCUT2D eigenvalue weighted by Crippen LogP contribution is -2.54. The topological polar surface area (TPSA) is 12.5 Å². The van der Waals surface area contributed by atoms with Crippen molar-refractivity contribution in [3.63, 3.8) is 0 Å². The number of ether oxygens (including phenoxy) is 1. The highest BCUT2D eigenvalue weighted by atomic mass is 19.2. The molecular weight excluding hydrogens is 145 g/mol. The van der Waals surface area contributed by atoms with E-state index in [-0.39, 0.29) is 11.2 Å². The van der Waals surface area contributed by atoms with Gasteiger partial charge in [-0.15, -0.1) is 9.60 Å². The van der Waals surface area contributed by atoms with Crippen LogP contribution in [0.25, 0.3) is 0 Å². The van der Waals surface area contributed by atoms with Crippen LogP contribution in [-0.4, -0.2) is 29.4 Å². The van der Waals surface area contributed by atoms with Crippen LogP contribution in [0.5, 0.6) is 0 Å². The molecule has 0 saturated carbocycles. The second kappa shape index (κ2) is 2.42. The van der Waals surface area contributed by atoms with Crippen molar-refractivity contribution in [3.05, 3.63) is 0 Å². The fraction of sp³-hybridized carbons (Fsp3) is 1.00. The summed E-state index contributed by atoms with van der Waals surface area (Å²) in [4.78, 5) is 0. The Kier molecular flexibility index (Phi) is 1.97. The zero-order chi connectivity index (χ0) is 8.70. The van der Waals surface area contributed by atoms with Gasteiger partial charge in [-0.3, -0.25) is 0 Å². The maximum Gasteiger partial charge on any atom is 0.0786 e. The first-order valence-corrected chi connectivity index (χ1v) is 3.92. The van der Waals surface area contributed by atoms with E-state index in [1.165, 1.54) is 0 Å². The molecule has 0 unspecified atom stereocenters. The van der Waals surface area contributed by atoms with Crippen LogP contribution >= 0.6 is 0 Å². The molecule has 0 N–H and O–H groups in total. The van der Waals surface area contributed by atoms with E-state index in [9.17, 15) is 4.48 Å². The van der Waals surface area contributed by atoms with Crippen LogP contribution in [0.3, 0.4) is 0 Å². The van der Waals surface area contributed by atoms with E-state index >= 15 is 0 Å². The van der Waals surface area contributed by atoms with Gasteiger partial charge in [0.2, 0.25) is 0 Å². The van der Waals surface area contributed by atoms with Crippen molar-refractivity contribution in [2.24, 2.45) is 0 Å². The van der Waals surface area contributed by atoms with Crippen molar-refractivity contribution >= 4 is 0 Å². The fourth-order valence-electron chi connectivity index (χ4n) is 1.69. The molecule has 0 spiro atoms. The SMILES string of the molecule is CC1(C)CN(F)CC(C)(C)O1. The molecule has 1 aliphatic heterocycles. The lowest BCUT2D eigenvalue weighted by molar-refractivity contribution is -0.221. The van der Waals surface area contributed by atoms with Crippen LogP contribution < -0.4 is 0 Å². The number of morpholine rings is 1. The first kappa shape index (κ1) is 8.94. The molecule has 2 nitrogen and oxygen atoms in total. The molecule has 0 aromatic carbocycles. The smallest absolute Gasteiger partial charge is 0.0786 e. The number of nitrogens with zero attached hydrogens (tertiary/aromatic N) is 1. The number of hydrogen-bond donors (Lipinski definition) is 0. The second-order valence-corrected chi connectivity index (χ2v) is 4.40. The number of halogens is 1. The summed E-state index contributed by atoms with van der Waals surface area (Å²) in [7, 11) is 0. The van der Waals surface area contributed by atoms with E-state index in [1.54, 1.807) is 0 Å². The zero-order valence-corrected chi connectivity index (χ0v) is 7.65. The Morgan fingerprint density at radius 3 is 1.73 bits per heavy atom. The quantitative estimate of drug-likeness (QED) is 0.502. The first-order chi connectivity index (χ1) is 4.81. The van der Waals surface area contributed by atoms with Crippen molar-refractivity contribution in [1.29, 1.82) is 0 Å². The van der Waals surface area contributed by atoms with E-state index in [1.807, 2.05) is 27.7 Å². The van der Waals surface area contributed by atoms with Gasteiger partial charge in [0.15, 0.2) is 0 Å². The van der Waals surface area contributed by atoms with Crippen molar-refractivity contribution in [2.45, 2.75) is 38.9 Å².